The van der Waals surface area contributed by atoms with Crippen molar-refractivity contribution in [2.75, 3.05) is 13.1 Å². The maximum Gasteiger partial charge on any atom is 0.289 e. The Kier molecular flexibility index (Phi) is 4.32. The second kappa shape index (κ2) is 7.27. The molecule has 5 rings (SSSR count). The zero-order valence-corrected chi connectivity index (χ0v) is 15.4. The smallest absolute Gasteiger partial charge is 0.289 e. The van der Waals surface area contributed by atoms with Crippen LogP contribution in [0, 0.1) is 0 Å². The van der Waals surface area contributed by atoms with E-state index in [2.05, 4.69) is 10.1 Å². The van der Waals surface area contributed by atoms with Crippen molar-refractivity contribution in [1.82, 2.24) is 15.0 Å². The number of carbonyl (C=O) groups excluding carboxylic acids is 1. The summed E-state index contributed by atoms with van der Waals surface area (Å²) in [6, 6.07) is 20.5. The van der Waals surface area contributed by atoms with Crippen molar-refractivity contribution in [3.63, 3.8) is 0 Å². The van der Waals surface area contributed by atoms with Crippen LogP contribution in [0.1, 0.15) is 10.6 Å². The van der Waals surface area contributed by atoms with E-state index < -0.39 is 0 Å². The molecule has 0 aliphatic carbocycles. The second-order valence-corrected chi connectivity index (χ2v) is 6.74. The maximum absolute atomic E-state index is 12.2. The van der Waals surface area contributed by atoms with E-state index in [0.717, 1.165) is 11.1 Å². The van der Waals surface area contributed by atoms with Crippen LogP contribution >= 0.6 is 0 Å². The summed E-state index contributed by atoms with van der Waals surface area (Å²) in [5.74, 6) is 1.88. The molecular weight excluding hydrogens is 370 g/mol. The van der Waals surface area contributed by atoms with Gasteiger partial charge in [-0.25, -0.2) is 0 Å². The Balaban J connectivity index is 1.24. The topological polar surface area (TPSA) is 81.6 Å². The van der Waals surface area contributed by atoms with Gasteiger partial charge in [-0.1, -0.05) is 41.6 Å². The number of rotatable bonds is 5. The van der Waals surface area contributed by atoms with Crippen molar-refractivity contribution in [3.05, 3.63) is 78.8 Å². The first-order chi connectivity index (χ1) is 14.3. The molecule has 1 amide bonds. The van der Waals surface area contributed by atoms with Crippen molar-refractivity contribution in [3.8, 4) is 28.6 Å². The Morgan fingerprint density at radius 1 is 1.00 bits per heavy atom. The highest BCUT2D eigenvalue weighted by molar-refractivity contribution is 5.92. The van der Waals surface area contributed by atoms with Crippen LogP contribution in [0.5, 0.6) is 5.75 Å². The van der Waals surface area contributed by atoms with Gasteiger partial charge in [0.2, 0.25) is 5.82 Å². The van der Waals surface area contributed by atoms with Crippen molar-refractivity contribution in [1.29, 1.82) is 0 Å². The zero-order chi connectivity index (χ0) is 19.6. The molecule has 0 N–H and O–H groups in total. The number of nitrogens with zero attached hydrogens (tertiary/aromatic N) is 3. The highest BCUT2D eigenvalue weighted by Crippen LogP contribution is 2.27. The van der Waals surface area contributed by atoms with Gasteiger partial charge in [0.1, 0.15) is 11.9 Å². The van der Waals surface area contributed by atoms with Crippen LogP contribution in [0.4, 0.5) is 0 Å². The normalized spacial score (nSPS) is 13.9. The second-order valence-electron chi connectivity index (χ2n) is 6.74. The molecule has 2 aromatic carbocycles. The van der Waals surface area contributed by atoms with Gasteiger partial charge >= 0.3 is 0 Å². The van der Waals surface area contributed by atoms with E-state index >= 15 is 0 Å². The molecule has 0 saturated carbocycles. The maximum atomic E-state index is 12.2. The fraction of sp³-hybridized carbons (Fsp3) is 0.136. The van der Waals surface area contributed by atoms with Crippen molar-refractivity contribution in [2.24, 2.45) is 0 Å². The molecule has 144 valence electrons. The standard InChI is InChI=1S/C22H17N3O4/c26-22(19-10-5-11-27-19)25-13-18(14-25)28-17-9-4-8-16(12-17)21-23-20(24-29-21)15-6-2-1-3-7-15/h1-12,18H,13-14H2. The summed E-state index contributed by atoms with van der Waals surface area (Å²) in [7, 11) is 0. The summed E-state index contributed by atoms with van der Waals surface area (Å²) in [5, 5.41) is 4.05. The summed E-state index contributed by atoms with van der Waals surface area (Å²) >= 11 is 0. The van der Waals surface area contributed by atoms with Gasteiger partial charge in [0.15, 0.2) is 5.76 Å². The SMILES string of the molecule is O=C(c1ccco1)N1CC(Oc2cccc(-c3nc(-c4ccccc4)no3)c2)C1. The van der Waals surface area contributed by atoms with Gasteiger partial charge in [0.25, 0.3) is 11.8 Å². The van der Waals surface area contributed by atoms with Crippen LogP contribution in [-0.2, 0) is 0 Å². The number of ether oxygens (including phenoxy) is 1. The first-order valence-electron chi connectivity index (χ1n) is 9.25. The molecule has 0 atom stereocenters. The first-order valence-corrected chi connectivity index (χ1v) is 9.25. The van der Waals surface area contributed by atoms with Gasteiger partial charge in [-0.3, -0.25) is 4.79 Å². The van der Waals surface area contributed by atoms with E-state index in [9.17, 15) is 4.79 Å². The van der Waals surface area contributed by atoms with E-state index in [4.69, 9.17) is 13.7 Å². The number of benzene rings is 2. The molecule has 2 aromatic heterocycles. The summed E-state index contributed by atoms with van der Waals surface area (Å²) < 4.78 is 16.6. The zero-order valence-electron chi connectivity index (χ0n) is 15.4. The fourth-order valence-corrected chi connectivity index (χ4v) is 3.17. The third kappa shape index (κ3) is 3.50. The minimum Gasteiger partial charge on any atom is -0.487 e. The van der Waals surface area contributed by atoms with E-state index in [1.807, 2.05) is 54.6 Å². The third-order valence-corrected chi connectivity index (χ3v) is 4.71. The molecule has 0 bridgehead atoms. The number of aromatic nitrogens is 2. The molecule has 3 heterocycles. The molecule has 7 nitrogen and oxygen atoms in total. The Morgan fingerprint density at radius 2 is 1.83 bits per heavy atom. The molecule has 1 aliphatic rings. The molecule has 0 spiro atoms. The molecular formula is C22H17N3O4. The van der Waals surface area contributed by atoms with Crippen molar-refractivity contribution >= 4 is 5.91 Å². The Bertz CT molecular complexity index is 1120. The lowest BCUT2D eigenvalue weighted by molar-refractivity contribution is 0.0155. The number of hydrogen-bond donors (Lipinski definition) is 0. The minimum absolute atomic E-state index is 0.0632. The highest BCUT2D eigenvalue weighted by atomic mass is 16.5. The van der Waals surface area contributed by atoms with Crippen LogP contribution in [0.25, 0.3) is 22.8 Å². The van der Waals surface area contributed by atoms with E-state index in [1.165, 1.54) is 6.26 Å². The van der Waals surface area contributed by atoms with Gasteiger partial charge in [-0.05, 0) is 30.3 Å². The largest absolute Gasteiger partial charge is 0.487 e. The Hall–Kier alpha value is -3.87. The number of amides is 1. The van der Waals surface area contributed by atoms with Gasteiger partial charge in [0.05, 0.1) is 19.4 Å². The molecule has 7 heteroatoms. The van der Waals surface area contributed by atoms with Crippen LogP contribution in [0.3, 0.4) is 0 Å². The predicted octanol–water partition coefficient (Wildman–Crippen LogP) is 3.90. The summed E-state index contributed by atoms with van der Waals surface area (Å²) in [4.78, 5) is 18.4. The molecule has 1 aliphatic heterocycles. The van der Waals surface area contributed by atoms with E-state index in [0.29, 0.717) is 36.3 Å². The Morgan fingerprint density at radius 3 is 2.62 bits per heavy atom. The number of carbonyl (C=O) groups is 1. The lowest BCUT2D eigenvalue weighted by atomic mass is 10.1. The molecule has 4 aromatic rings. The molecule has 1 fully saturated rings. The third-order valence-electron chi connectivity index (χ3n) is 4.71. The molecule has 0 radical (unpaired) electrons. The van der Waals surface area contributed by atoms with Crippen molar-refractivity contribution in [2.45, 2.75) is 6.10 Å². The van der Waals surface area contributed by atoms with Gasteiger partial charge in [0, 0.05) is 11.1 Å². The highest BCUT2D eigenvalue weighted by Gasteiger charge is 2.34. The average Bonchev–Trinajstić information content (AvgIpc) is 3.43. The van der Waals surface area contributed by atoms with Crippen molar-refractivity contribution < 1.29 is 18.5 Å². The average molecular weight is 387 g/mol. The minimum atomic E-state index is -0.122. The molecule has 29 heavy (non-hydrogen) atoms. The first kappa shape index (κ1) is 17.2. The summed E-state index contributed by atoms with van der Waals surface area (Å²) in [5.41, 5.74) is 1.67. The molecule has 1 saturated heterocycles. The van der Waals surface area contributed by atoms with Crippen LogP contribution in [0.15, 0.2) is 81.9 Å². The predicted molar refractivity (Wildman–Crippen MR) is 104 cm³/mol. The van der Waals surface area contributed by atoms with Crippen LogP contribution in [-0.4, -0.2) is 40.1 Å². The van der Waals surface area contributed by atoms with Crippen LogP contribution in [0.2, 0.25) is 0 Å². The van der Waals surface area contributed by atoms with E-state index in [1.54, 1.807) is 17.0 Å². The summed E-state index contributed by atoms with van der Waals surface area (Å²) in [6.07, 6.45) is 1.43. The quantitative estimate of drug-likeness (QED) is 0.517. The van der Waals surface area contributed by atoms with E-state index in [-0.39, 0.29) is 12.0 Å². The monoisotopic (exact) mass is 387 g/mol. The van der Waals surface area contributed by atoms with Gasteiger partial charge in [-0.15, -0.1) is 0 Å². The number of hydrogen-bond acceptors (Lipinski definition) is 6. The van der Waals surface area contributed by atoms with Gasteiger partial charge < -0.3 is 18.6 Å². The fourth-order valence-electron chi connectivity index (χ4n) is 3.17. The van der Waals surface area contributed by atoms with Crippen LogP contribution < -0.4 is 4.74 Å². The van der Waals surface area contributed by atoms with Gasteiger partial charge in [-0.2, -0.15) is 4.98 Å². The summed E-state index contributed by atoms with van der Waals surface area (Å²) in [6.45, 7) is 1.03. The number of likely N-dealkylation sites (tertiary alicyclic amines) is 1. The lowest BCUT2D eigenvalue weighted by Gasteiger charge is -2.38. The Labute approximate surface area is 166 Å². The lowest BCUT2D eigenvalue weighted by Crippen LogP contribution is -2.56. The number of furan rings is 1. The molecule has 0 unspecified atom stereocenters.